The third kappa shape index (κ3) is 6.94. The highest BCUT2D eigenvalue weighted by Crippen LogP contribution is 2.39. The maximum Gasteiger partial charge on any atom is 0.416 e. The second-order valence-electron chi connectivity index (χ2n) is 11.8. The van der Waals surface area contributed by atoms with Gasteiger partial charge in [0.2, 0.25) is 5.95 Å². The van der Waals surface area contributed by atoms with E-state index in [2.05, 4.69) is 35.9 Å². The first kappa shape index (κ1) is 30.6. The lowest BCUT2D eigenvalue weighted by Gasteiger charge is -2.29. The zero-order chi connectivity index (χ0) is 31.4. The molecule has 3 heterocycles. The number of hydrogen-bond donors (Lipinski definition) is 0. The Morgan fingerprint density at radius 1 is 0.841 bits per heavy atom. The molecule has 0 spiro atoms. The van der Waals surface area contributed by atoms with Gasteiger partial charge in [-0.2, -0.15) is 31.4 Å². The van der Waals surface area contributed by atoms with Crippen molar-refractivity contribution >= 4 is 38.7 Å². The predicted octanol–water partition coefficient (Wildman–Crippen LogP) is 7.70. The summed E-state index contributed by atoms with van der Waals surface area (Å²) in [7, 11) is 1.83. The van der Waals surface area contributed by atoms with Gasteiger partial charge >= 0.3 is 12.4 Å². The Labute approximate surface area is 258 Å². The summed E-state index contributed by atoms with van der Waals surface area (Å²) in [5.74, 6) is 2.01. The highest BCUT2D eigenvalue weighted by atomic mass is 79.9. The normalized spacial score (nSPS) is 15.7. The van der Waals surface area contributed by atoms with E-state index in [1.807, 2.05) is 20.0 Å². The molecule has 0 radical (unpaired) electrons. The first-order valence-electron chi connectivity index (χ1n) is 14.3. The molecule has 2 fully saturated rings. The Bertz CT molecular complexity index is 1610. The molecule has 234 valence electrons. The molecule has 2 aliphatic carbocycles. The second kappa shape index (κ2) is 11.5. The van der Waals surface area contributed by atoms with Gasteiger partial charge in [0.15, 0.2) is 5.65 Å². The molecule has 3 aromatic heterocycles. The summed E-state index contributed by atoms with van der Waals surface area (Å²) in [6, 6.07) is 3.62. The van der Waals surface area contributed by atoms with Crippen molar-refractivity contribution in [1.82, 2.24) is 24.7 Å². The van der Waals surface area contributed by atoms with E-state index < -0.39 is 23.5 Å². The lowest BCUT2D eigenvalue weighted by atomic mass is 10.0. The number of pyridine rings is 1. The van der Waals surface area contributed by atoms with Gasteiger partial charge in [0.25, 0.3) is 0 Å². The van der Waals surface area contributed by atoms with Gasteiger partial charge in [-0.1, -0.05) is 0 Å². The highest BCUT2D eigenvalue weighted by molar-refractivity contribution is 9.10. The largest absolute Gasteiger partial charge is 0.416 e. The summed E-state index contributed by atoms with van der Waals surface area (Å²) in [5, 5.41) is 5.36. The number of alkyl halides is 6. The number of nitrogens with zero attached hydrogens (tertiary/aromatic N) is 7. The van der Waals surface area contributed by atoms with E-state index in [1.165, 1.54) is 12.4 Å². The standard InChI is InChI=1S/C30H30BrF6N7/c1-17-25-9-21(26(40-27(25)42(2)41-17)43(13-18-3-4-18)14-19-5-6-19)16-44(28-38-11-24(31)12-39-28)15-20-7-22(29(32,33)34)10-23(8-20)30(35,36)37/h7-12,18-19H,3-6,13-16H2,1-2H3. The Morgan fingerprint density at radius 3 is 1.93 bits per heavy atom. The molecule has 7 nitrogen and oxygen atoms in total. The van der Waals surface area contributed by atoms with Gasteiger partial charge < -0.3 is 9.80 Å². The number of anilines is 2. The summed E-state index contributed by atoms with van der Waals surface area (Å²) in [5.41, 5.74) is -0.665. The van der Waals surface area contributed by atoms with E-state index >= 15 is 0 Å². The van der Waals surface area contributed by atoms with Crippen LogP contribution in [0.2, 0.25) is 0 Å². The van der Waals surface area contributed by atoms with Crippen LogP contribution < -0.4 is 9.80 Å². The second-order valence-corrected chi connectivity index (χ2v) is 12.7. The number of benzene rings is 1. The smallest absolute Gasteiger partial charge is 0.356 e. The third-order valence-corrected chi connectivity index (χ3v) is 8.39. The minimum absolute atomic E-state index is 0.0949. The van der Waals surface area contributed by atoms with Gasteiger partial charge in [-0.05, 0) is 90.2 Å². The molecule has 1 aromatic carbocycles. The van der Waals surface area contributed by atoms with Crippen molar-refractivity contribution in [2.24, 2.45) is 18.9 Å². The van der Waals surface area contributed by atoms with Crippen molar-refractivity contribution in [2.75, 3.05) is 22.9 Å². The van der Waals surface area contributed by atoms with Crippen molar-refractivity contribution in [3.8, 4) is 0 Å². The van der Waals surface area contributed by atoms with E-state index in [9.17, 15) is 26.3 Å². The molecule has 0 unspecified atom stereocenters. The quantitative estimate of drug-likeness (QED) is 0.160. The van der Waals surface area contributed by atoms with Crippen LogP contribution in [0.3, 0.4) is 0 Å². The van der Waals surface area contributed by atoms with Crippen molar-refractivity contribution in [1.29, 1.82) is 0 Å². The molecule has 0 saturated heterocycles. The number of hydrogen-bond acceptors (Lipinski definition) is 6. The topological polar surface area (TPSA) is 63.0 Å². The van der Waals surface area contributed by atoms with Crippen LogP contribution in [0.25, 0.3) is 11.0 Å². The molecular formula is C30H30BrF6N7. The summed E-state index contributed by atoms with van der Waals surface area (Å²) in [6.07, 6.45) is -2.38. The molecule has 0 atom stereocenters. The molecule has 0 amide bonds. The number of fused-ring (bicyclic) bond motifs is 1. The summed E-state index contributed by atoms with van der Waals surface area (Å²) < 4.78 is 84.5. The molecule has 2 saturated carbocycles. The van der Waals surface area contributed by atoms with Crippen LogP contribution in [0.15, 0.2) is 41.1 Å². The van der Waals surface area contributed by atoms with E-state index in [0.29, 0.717) is 22.0 Å². The van der Waals surface area contributed by atoms with Crippen molar-refractivity contribution < 1.29 is 26.3 Å². The molecule has 0 N–H and O–H groups in total. The Balaban J connectivity index is 1.45. The zero-order valence-electron chi connectivity index (χ0n) is 24.1. The Kier molecular flexibility index (Phi) is 8.00. The SMILES string of the molecule is Cc1nn(C)c2nc(N(CC3CC3)CC3CC3)c(CN(Cc3cc(C(F)(F)F)cc(C(F)(F)F)c3)c3ncc(Br)cn3)cc12. The third-order valence-electron chi connectivity index (χ3n) is 7.98. The van der Waals surface area contributed by atoms with Gasteiger partial charge in [0.05, 0.1) is 21.3 Å². The molecular weight excluding hydrogens is 652 g/mol. The van der Waals surface area contributed by atoms with Crippen molar-refractivity contribution in [2.45, 2.75) is 58.0 Å². The Morgan fingerprint density at radius 2 is 1.41 bits per heavy atom. The minimum Gasteiger partial charge on any atom is -0.356 e. The van der Waals surface area contributed by atoms with Crippen molar-refractivity contribution in [3.05, 3.63) is 69.1 Å². The van der Waals surface area contributed by atoms with Crippen LogP contribution in [0.5, 0.6) is 0 Å². The minimum atomic E-state index is -4.96. The lowest BCUT2D eigenvalue weighted by molar-refractivity contribution is -0.143. The molecule has 14 heteroatoms. The van der Waals surface area contributed by atoms with Crippen molar-refractivity contribution in [3.63, 3.8) is 0 Å². The van der Waals surface area contributed by atoms with Gasteiger partial charge in [-0.15, -0.1) is 0 Å². The first-order valence-corrected chi connectivity index (χ1v) is 15.1. The maximum atomic E-state index is 13.7. The van der Waals surface area contributed by atoms with E-state index in [-0.39, 0.29) is 30.7 Å². The maximum absolute atomic E-state index is 13.7. The van der Waals surface area contributed by atoms with Gasteiger partial charge in [0.1, 0.15) is 5.82 Å². The summed E-state index contributed by atoms with van der Waals surface area (Å²) in [6.45, 7) is 3.32. The number of aromatic nitrogens is 5. The number of rotatable bonds is 10. The predicted molar refractivity (Wildman–Crippen MR) is 157 cm³/mol. The molecule has 0 aliphatic heterocycles. The summed E-state index contributed by atoms with van der Waals surface area (Å²) >= 11 is 3.30. The van der Waals surface area contributed by atoms with Crippen LogP contribution >= 0.6 is 15.9 Å². The lowest BCUT2D eigenvalue weighted by Crippen LogP contribution is -2.32. The highest BCUT2D eigenvalue weighted by Gasteiger charge is 2.37. The fourth-order valence-electron chi connectivity index (χ4n) is 5.44. The first-order chi connectivity index (χ1) is 20.7. The molecule has 44 heavy (non-hydrogen) atoms. The summed E-state index contributed by atoms with van der Waals surface area (Å²) in [4.78, 5) is 17.7. The van der Waals surface area contributed by atoms with Gasteiger partial charge in [-0.25, -0.2) is 15.0 Å². The Hall–Kier alpha value is -3.42. The average molecular weight is 683 g/mol. The molecule has 4 aromatic rings. The number of aryl methyl sites for hydroxylation is 2. The van der Waals surface area contributed by atoms with E-state index in [4.69, 9.17) is 4.98 Å². The van der Waals surface area contributed by atoms with E-state index in [1.54, 1.807) is 9.58 Å². The van der Waals surface area contributed by atoms with Crippen LogP contribution in [0, 0.1) is 18.8 Å². The monoisotopic (exact) mass is 681 g/mol. The van der Waals surface area contributed by atoms with Gasteiger partial charge in [-0.3, -0.25) is 4.68 Å². The zero-order valence-corrected chi connectivity index (χ0v) is 25.6. The fourth-order valence-corrected chi connectivity index (χ4v) is 5.64. The van der Waals surface area contributed by atoms with Gasteiger partial charge in [0, 0.05) is 56.6 Å². The molecule has 2 aliphatic rings. The van der Waals surface area contributed by atoms with Crippen LogP contribution in [0.4, 0.5) is 38.1 Å². The average Bonchev–Trinajstić information content (AvgIpc) is 3.89. The number of halogens is 7. The van der Waals surface area contributed by atoms with E-state index in [0.717, 1.165) is 73.4 Å². The van der Waals surface area contributed by atoms with Crippen LogP contribution in [-0.4, -0.2) is 37.8 Å². The van der Waals surface area contributed by atoms with Crippen LogP contribution in [-0.2, 0) is 32.5 Å². The molecule has 6 rings (SSSR count). The fraction of sp³-hybridized carbons (Fsp3) is 0.467. The van der Waals surface area contributed by atoms with Crippen LogP contribution in [0.1, 0.15) is 53.6 Å². The molecule has 0 bridgehead atoms.